The Morgan fingerprint density at radius 1 is 1.11 bits per heavy atom. The van der Waals surface area contributed by atoms with Crippen LogP contribution in [0, 0.1) is 11.8 Å². The highest BCUT2D eigenvalue weighted by molar-refractivity contribution is 5.76. The number of fused-ring (bicyclic) bond motifs is 1. The number of carbonyl (C=O) groups excluding carboxylic acids is 1. The summed E-state index contributed by atoms with van der Waals surface area (Å²) in [5.41, 5.74) is 2.48. The van der Waals surface area contributed by atoms with Crippen molar-refractivity contribution in [3.05, 3.63) is 65.7 Å². The van der Waals surface area contributed by atoms with E-state index in [1.807, 2.05) is 12.1 Å². The van der Waals surface area contributed by atoms with Gasteiger partial charge in [0, 0.05) is 36.9 Å². The molecular weight excluding hydrogens is 460 g/mol. The number of carbonyl (C=O) groups is 1. The fraction of sp³-hybridized carbons (Fsp3) is 0.594. The summed E-state index contributed by atoms with van der Waals surface area (Å²) < 4.78 is 5.57. The first-order valence-electron chi connectivity index (χ1n) is 14.4. The van der Waals surface area contributed by atoms with E-state index < -0.39 is 6.10 Å². The molecular formula is C32H44N2O3. The van der Waals surface area contributed by atoms with Gasteiger partial charge in [-0.2, -0.15) is 0 Å². The van der Waals surface area contributed by atoms with Gasteiger partial charge in [0.2, 0.25) is 5.91 Å². The van der Waals surface area contributed by atoms with Crippen LogP contribution in [-0.4, -0.2) is 54.8 Å². The van der Waals surface area contributed by atoms with Crippen LogP contribution in [0.4, 0.5) is 0 Å². The van der Waals surface area contributed by atoms with Gasteiger partial charge in [-0.25, -0.2) is 0 Å². The van der Waals surface area contributed by atoms with Crippen molar-refractivity contribution >= 4 is 5.91 Å². The lowest BCUT2D eigenvalue weighted by Crippen LogP contribution is -2.61. The highest BCUT2D eigenvalue weighted by atomic mass is 16.5. The van der Waals surface area contributed by atoms with Crippen molar-refractivity contribution in [1.82, 2.24) is 10.2 Å². The van der Waals surface area contributed by atoms with Crippen LogP contribution < -0.4 is 10.1 Å². The van der Waals surface area contributed by atoms with Gasteiger partial charge in [0.15, 0.2) is 0 Å². The first-order chi connectivity index (χ1) is 18.1. The van der Waals surface area contributed by atoms with E-state index in [0.29, 0.717) is 12.8 Å². The van der Waals surface area contributed by atoms with E-state index in [1.54, 1.807) is 7.11 Å². The minimum Gasteiger partial charge on any atom is -0.497 e. The predicted molar refractivity (Wildman–Crippen MR) is 148 cm³/mol. The summed E-state index contributed by atoms with van der Waals surface area (Å²) in [6.07, 6.45) is 9.54. The van der Waals surface area contributed by atoms with Gasteiger partial charge in [-0.1, -0.05) is 48.9 Å². The number of aryl methyl sites for hydroxylation is 1. The van der Waals surface area contributed by atoms with Crippen LogP contribution >= 0.6 is 0 Å². The van der Waals surface area contributed by atoms with Gasteiger partial charge < -0.3 is 20.1 Å². The van der Waals surface area contributed by atoms with Crippen LogP contribution in [0.3, 0.4) is 0 Å². The van der Waals surface area contributed by atoms with Gasteiger partial charge in [-0.3, -0.25) is 4.79 Å². The second kappa shape index (κ2) is 12.0. The average molecular weight is 505 g/mol. The third-order valence-electron chi connectivity index (χ3n) is 9.08. The summed E-state index contributed by atoms with van der Waals surface area (Å²) in [5, 5.41) is 14.8. The van der Waals surface area contributed by atoms with E-state index in [2.05, 4.69) is 52.7 Å². The quantitative estimate of drug-likeness (QED) is 0.418. The molecule has 4 atom stereocenters. The van der Waals surface area contributed by atoms with Gasteiger partial charge in [0.1, 0.15) is 5.75 Å². The van der Waals surface area contributed by atoms with Crippen LogP contribution in [0.1, 0.15) is 68.9 Å². The summed E-state index contributed by atoms with van der Waals surface area (Å²) in [4.78, 5) is 15.5. The Morgan fingerprint density at radius 2 is 1.95 bits per heavy atom. The highest BCUT2D eigenvalue weighted by Crippen LogP contribution is 2.50. The average Bonchev–Trinajstić information content (AvgIpc) is 3.73. The molecule has 0 aromatic heterocycles. The topological polar surface area (TPSA) is 61.8 Å². The van der Waals surface area contributed by atoms with Crippen LogP contribution in [0.5, 0.6) is 5.75 Å². The molecule has 2 N–H and O–H groups in total. The molecule has 2 aliphatic carbocycles. The molecule has 5 nitrogen and oxygen atoms in total. The third-order valence-corrected chi connectivity index (χ3v) is 9.08. The summed E-state index contributed by atoms with van der Waals surface area (Å²) in [5.74, 6) is 2.02. The molecule has 2 saturated carbocycles. The van der Waals surface area contributed by atoms with Crippen LogP contribution in [0.2, 0.25) is 0 Å². The number of ether oxygens (including phenoxy) is 1. The standard InChI is InChI=1S/C32H44N2O3/c1-37-28-13-8-12-26(19-28)32-17-18-34(22-25-15-16-25)23-29(32)30(35)20-27(21-32)33-31(36)14-7-3-6-11-24-9-4-2-5-10-24/h2,4-5,8-10,12-13,19,25,27,29-30,35H,3,6-7,11,14-18,20-23H2,1H3,(H,33,36)/t27-,29-,30?,32-/m0/s1. The molecule has 5 heteroatoms. The molecule has 37 heavy (non-hydrogen) atoms. The summed E-state index contributed by atoms with van der Waals surface area (Å²) in [7, 11) is 1.71. The fourth-order valence-electron chi connectivity index (χ4n) is 6.90. The van der Waals surface area contributed by atoms with Crippen molar-refractivity contribution < 1.29 is 14.6 Å². The van der Waals surface area contributed by atoms with Gasteiger partial charge in [0.25, 0.3) is 0 Å². The Hall–Kier alpha value is -2.37. The largest absolute Gasteiger partial charge is 0.497 e. The van der Waals surface area contributed by atoms with E-state index >= 15 is 0 Å². The lowest BCUT2D eigenvalue weighted by atomic mass is 9.57. The monoisotopic (exact) mass is 504 g/mol. The summed E-state index contributed by atoms with van der Waals surface area (Å²) >= 11 is 0. The minimum absolute atomic E-state index is 0.00394. The second-order valence-corrected chi connectivity index (χ2v) is 11.8. The molecule has 1 aliphatic heterocycles. The minimum atomic E-state index is -0.418. The highest BCUT2D eigenvalue weighted by Gasteiger charge is 2.52. The maximum Gasteiger partial charge on any atom is 0.220 e. The zero-order valence-electron chi connectivity index (χ0n) is 22.4. The Balaban J connectivity index is 1.20. The molecule has 200 valence electrons. The number of nitrogens with one attached hydrogen (secondary N) is 1. The molecule has 1 heterocycles. The van der Waals surface area contributed by atoms with Crippen LogP contribution in [0.15, 0.2) is 54.6 Å². The Kier molecular flexibility index (Phi) is 8.51. The van der Waals surface area contributed by atoms with E-state index in [4.69, 9.17) is 4.74 Å². The van der Waals surface area contributed by atoms with Gasteiger partial charge >= 0.3 is 0 Å². The number of hydrogen-bond donors (Lipinski definition) is 2. The summed E-state index contributed by atoms with van der Waals surface area (Å²) in [6.45, 7) is 3.16. The zero-order valence-corrected chi connectivity index (χ0v) is 22.4. The van der Waals surface area contributed by atoms with Crippen molar-refractivity contribution in [2.75, 3.05) is 26.7 Å². The number of nitrogens with zero attached hydrogens (tertiary/aromatic N) is 1. The zero-order chi connectivity index (χ0) is 25.7. The number of unbranched alkanes of at least 4 members (excludes halogenated alkanes) is 2. The van der Waals surface area contributed by atoms with Crippen molar-refractivity contribution in [2.45, 2.75) is 81.8 Å². The summed E-state index contributed by atoms with van der Waals surface area (Å²) in [6, 6.07) is 19.0. The van der Waals surface area contributed by atoms with Crippen LogP contribution in [0.25, 0.3) is 0 Å². The Bertz CT molecular complexity index is 1020. The van der Waals surface area contributed by atoms with E-state index in [9.17, 15) is 9.90 Å². The molecule has 5 rings (SSSR count). The lowest BCUT2D eigenvalue weighted by molar-refractivity contribution is -0.123. The molecule has 3 fully saturated rings. The van der Waals surface area contributed by atoms with E-state index in [-0.39, 0.29) is 23.3 Å². The number of rotatable bonds is 11. The molecule has 2 aromatic rings. The Morgan fingerprint density at radius 3 is 2.73 bits per heavy atom. The lowest BCUT2D eigenvalue weighted by Gasteiger charge is -2.55. The molecule has 0 bridgehead atoms. The molecule has 1 saturated heterocycles. The Labute approximate surface area is 222 Å². The number of amides is 1. The second-order valence-electron chi connectivity index (χ2n) is 11.8. The number of likely N-dealkylation sites (tertiary alicyclic amines) is 1. The number of aliphatic hydroxyl groups excluding tert-OH is 1. The van der Waals surface area contributed by atoms with Gasteiger partial charge in [-0.15, -0.1) is 0 Å². The van der Waals surface area contributed by atoms with E-state index in [0.717, 1.165) is 63.3 Å². The first-order valence-corrected chi connectivity index (χ1v) is 14.4. The molecule has 1 amide bonds. The molecule has 1 unspecified atom stereocenters. The molecule has 0 radical (unpaired) electrons. The first kappa shape index (κ1) is 26.2. The predicted octanol–water partition coefficient (Wildman–Crippen LogP) is 5.11. The number of methoxy groups -OCH3 is 1. The fourth-order valence-corrected chi connectivity index (χ4v) is 6.90. The van der Waals surface area contributed by atoms with Gasteiger partial charge in [0.05, 0.1) is 13.2 Å². The number of aliphatic hydroxyl groups is 1. The van der Waals surface area contributed by atoms with Crippen molar-refractivity contribution in [1.29, 1.82) is 0 Å². The van der Waals surface area contributed by atoms with Crippen molar-refractivity contribution in [3.63, 3.8) is 0 Å². The van der Waals surface area contributed by atoms with Crippen molar-refractivity contribution in [2.24, 2.45) is 11.8 Å². The number of piperidine rings is 1. The van der Waals surface area contributed by atoms with Crippen molar-refractivity contribution in [3.8, 4) is 5.75 Å². The van der Waals surface area contributed by atoms with Gasteiger partial charge in [-0.05, 0) is 87.1 Å². The third kappa shape index (κ3) is 6.56. The molecule has 3 aliphatic rings. The maximum absolute atomic E-state index is 12.9. The maximum atomic E-state index is 12.9. The van der Waals surface area contributed by atoms with E-state index in [1.165, 1.54) is 30.5 Å². The number of benzene rings is 2. The normalized spacial score (nSPS) is 27.9. The molecule has 0 spiro atoms. The van der Waals surface area contributed by atoms with Crippen LogP contribution in [-0.2, 0) is 16.6 Å². The molecule has 2 aromatic carbocycles. The number of hydrogen-bond acceptors (Lipinski definition) is 4. The SMILES string of the molecule is COc1cccc([C@@]23CCN(CC4CC4)C[C@H]2C(O)C[C@H](NC(=O)CCCCCc2ccccc2)C3)c1. The smallest absolute Gasteiger partial charge is 0.220 e.